The van der Waals surface area contributed by atoms with E-state index in [2.05, 4.69) is 22.3 Å². The van der Waals surface area contributed by atoms with Crippen LogP contribution in [-0.2, 0) is 4.79 Å². The SMILES string of the molecule is COc1ccc(C(CNC(=O)C(C)Oc2cccc(C)c2)N2CCCC2)cc1. The third kappa shape index (κ3) is 5.26. The van der Waals surface area contributed by atoms with Crippen molar-refractivity contribution in [2.45, 2.75) is 38.8 Å². The van der Waals surface area contributed by atoms with Crippen molar-refractivity contribution in [3.05, 3.63) is 59.7 Å². The quantitative estimate of drug-likeness (QED) is 0.756. The molecule has 2 aromatic rings. The zero-order valence-electron chi connectivity index (χ0n) is 17.0. The van der Waals surface area contributed by atoms with Gasteiger partial charge in [0.2, 0.25) is 0 Å². The Morgan fingerprint density at radius 3 is 2.46 bits per heavy atom. The van der Waals surface area contributed by atoms with E-state index in [0.29, 0.717) is 12.3 Å². The van der Waals surface area contributed by atoms with Gasteiger partial charge in [0.1, 0.15) is 11.5 Å². The predicted octanol–water partition coefficient (Wildman–Crippen LogP) is 3.72. The molecule has 2 aromatic carbocycles. The zero-order chi connectivity index (χ0) is 19.9. The Kier molecular flexibility index (Phi) is 6.93. The number of carbonyl (C=O) groups is 1. The minimum Gasteiger partial charge on any atom is -0.497 e. The summed E-state index contributed by atoms with van der Waals surface area (Å²) in [6.45, 7) is 6.47. The number of nitrogens with zero attached hydrogens (tertiary/aromatic N) is 1. The van der Waals surface area contributed by atoms with Crippen molar-refractivity contribution < 1.29 is 14.3 Å². The smallest absolute Gasteiger partial charge is 0.260 e. The number of hydrogen-bond acceptors (Lipinski definition) is 4. The average molecular weight is 383 g/mol. The van der Waals surface area contributed by atoms with Gasteiger partial charge in [-0.3, -0.25) is 9.69 Å². The fraction of sp³-hybridized carbons (Fsp3) is 0.435. The van der Waals surface area contributed by atoms with Gasteiger partial charge >= 0.3 is 0 Å². The van der Waals surface area contributed by atoms with E-state index in [1.54, 1.807) is 14.0 Å². The number of methoxy groups -OCH3 is 1. The summed E-state index contributed by atoms with van der Waals surface area (Å²) in [6.07, 6.45) is 1.86. The number of hydrogen-bond donors (Lipinski definition) is 1. The van der Waals surface area contributed by atoms with Crippen molar-refractivity contribution >= 4 is 5.91 Å². The predicted molar refractivity (Wildman–Crippen MR) is 111 cm³/mol. The Labute approximate surface area is 167 Å². The van der Waals surface area contributed by atoms with Crippen molar-refractivity contribution in [3.8, 4) is 11.5 Å². The van der Waals surface area contributed by atoms with E-state index in [9.17, 15) is 4.79 Å². The molecule has 5 nitrogen and oxygen atoms in total. The van der Waals surface area contributed by atoms with Crippen molar-refractivity contribution in [2.24, 2.45) is 0 Å². The van der Waals surface area contributed by atoms with E-state index in [4.69, 9.17) is 9.47 Å². The number of likely N-dealkylation sites (tertiary alicyclic amines) is 1. The largest absolute Gasteiger partial charge is 0.497 e. The Morgan fingerprint density at radius 1 is 1.11 bits per heavy atom. The third-order valence-corrected chi connectivity index (χ3v) is 5.22. The van der Waals surface area contributed by atoms with E-state index in [-0.39, 0.29) is 11.9 Å². The Balaban J connectivity index is 1.62. The van der Waals surface area contributed by atoms with Gasteiger partial charge in [-0.25, -0.2) is 0 Å². The highest BCUT2D eigenvalue weighted by Crippen LogP contribution is 2.26. The van der Waals surface area contributed by atoms with Gasteiger partial charge in [0.05, 0.1) is 13.2 Å². The second-order valence-electron chi connectivity index (χ2n) is 7.35. The average Bonchev–Trinajstić information content (AvgIpc) is 3.23. The Bertz CT molecular complexity index is 770. The monoisotopic (exact) mass is 382 g/mol. The number of carbonyl (C=O) groups excluding carboxylic acids is 1. The lowest BCUT2D eigenvalue weighted by Crippen LogP contribution is -2.42. The summed E-state index contributed by atoms with van der Waals surface area (Å²) in [5.74, 6) is 1.46. The van der Waals surface area contributed by atoms with Gasteiger partial charge in [0, 0.05) is 6.54 Å². The summed E-state index contributed by atoms with van der Waals surface area (Å²) in [6, 6.07) is 16.0. The molecule has 2 unspecified atom stereocenters. The normalized spacial score (nSPS) is 16.4. The van der Waals surface area contributed by atoms with Gasteiger partial charge < -0.3 is 14.8 Å². The molecule has 1 heterocycles. The molecule has 0 aliphatic carbocycles. The standard InChI is InChI=1S/C23H30N2O3/c1-17-7-6-8-21(15-17)28-18(2)23(26)24-16-22(25-13-4-5-14-25)19-9-11-20(27-3)12-10-19/h6-12,15,18,22H,4-5,13-14,16H2,1-3H3,(H,24,26). The molecule has 5 heteroatoms. The summed E-state index contributed by atoms with van der Waals surface area (Å²) >= 11 is 0. The lowest BCUT2D eigenvalue weighted by atomic mass is 10.1. The van der Waals surface area contributed by atoms with Crippen LogP contribution >= 0.6 is 0 Å². The molecule has 1 amide bonds. The summed E-state index contributed by atoms with van der Waals surface area (Å²) < 4.78 is 11.1. The molecule has 150 valence electrons. The van der Waals surface area contributed by atoms with Gasteiger partial charge in [-0.05, 0) is 75.2 Å². The molecule has 1 aliphatic rings. The minimum absolute atomic E-state index is 0.0979. The first kappa shape index (κ1) is 20.2. The van der Waals surface area contributed by atoms with Crippen molar-refractivity contribution in [3.63, 3.8) is 0 Å². The highest BCUT2D eigenvalue weighted by atomic mass is 16.5. The second-order valence-corrected chi connectivity index (χ2v) is 7.35. The molecule has 28 heavy (non-hydrogen) atoms. The fourth-order valence-electron chi connectivity index (χ4n) is 3.62. The van der Waals surface area contributed by atoms with Gasteiger partial charge in [-0.2, -0.15) is 0 Å². The van der Waals surface area contributed by atoms with Crippen molar-refractivity contribution in [2.75, 3.05) is 26.7 Å². The molecular formula is C23H30N2O3. The third-order valence-electron chi connectivity index (χ3n) is 5.22. The lowest BCUT2D eigenvalue weighted by molar-refractivity contribution is -0.127. The lowest BCUT2D eigenvalue weighted by Gasteiger charge is -2.29. The van der Waals surface area contributed by atoms with Gasteiger partial charge in [-0.1, -0.05) is 24.3 Å². The van der Waals surface area contributed by atoms with Crippen LogP contribution in [0.4, 0.5) is 0 Å². The summed E-state index contributed by atoms with van der Waals surface area (Å²) in [5.41, 5.74) is 2.30. The highest BCUT2D eigenvalue weighted by Gasteiger charge is 2.25. The van der Waals surface area contributed by atoms with Crippen LogP contribution in [0.3, 0.4) is 0 Å². The molecule has 1 aliphatic heterocycles. The number of amides is 1. The van der Waals surface area contributed by atoms with Crippen LogP contribution in [0.1, 0.15) is 36.9 Å². The maximum Gasteiger partial charge on any atom is 0.260 e. The minimum atomic E-state index is -0.545. The van der Waals surface area contributed by atoms with Crippen LogP contribution in [0.15, 0.2) is 48.5 Å². The van der Waals surface area contributed by atoms with Gasteiger partial charge in [0.25, 0.3) is 5.91 Å². The summed E-state index contributed by atoms with van der Waals surface area (Å²) in [4.78, 5) is 15.0. The molecule has 0 aromatic heterocycles. The fourth-order valence-corrected chi connectivity index (χ4v) is 3.62. The van der Waals surface area contributed by atoms with Crippen molar-refractivity contribution in [1.82, 2.24) is 10.2 Å². The number of benzene rings is 2. The van der Waals surface area contributed by atoms with E-state index in [0.717, 1.165) is 24.4 Å². The van der Waals surface area contributed by atoms with E-state index < -0.39 is 6.10 Å². The first-order valence-corrected chi connectivity index (χ1v) is 9.96. The molecule has 0 saturated carbocycles. The van der Waals surface area contributed by atoms with E-state index >= 15 is 0 Å². The first-order chi connectivity index (χ1) is 13.6. The molecule has 1 saturated heterocycles. The molecule has 1 fully saturated rings. The van der Waals surface area contributed by atoms with E-state index in [1.807, 2.05) is 43.3 Å². The topological polar surface area (TPSA) is 50.8 Å². The summed E-state index contributed by atoms with van der Waals surface area (Å²) in [7, 11) is 1.67. The molecule has 3 rings (SSSR count). The number of ether oxygens (including phenoxy) is 2. The molecule has 2 atom stereocenters. The van der Waals surface area contributed by atoms with Crippen LogP contribution in [0.5, 0.6) is 11.5 Å². The van der Waals surface area contributed by atoms with Crippen molar-refractivity contribution in [1.29, 1.82) is 0 Å². The Hall–Kier alpha value is -2.53. The number of rotatable bonds is 8. The number of nitrogens with one attached hydrogen (secondary N) is 1. The molecule has 0 bridgehead atoms. The first-order valence-electron chi connectivity index (χ1n) is 9.96. The van der Waals surface area contributed by atoms with Crippen LogP contribution in [0.2, 0.25) is 0 Å². The zero-order valence-corrected chi connectivity index (χ0v) is 17.0. The maximum absolute atomic E-state index is 12.6. The molecule has 1 N–H and O–H groups in total. The van der Waals surface area contributed by atoms with Gasteiger partial charge in [-0.15, -0.1) is 0 Å². The maximum atomic E-state index is 12.6. The molecule has 0 spiro atoms. The summed E-state index contributed by atoms with van der Waals surface area (Å²) in [5, 5.41) is 3.08. The molecular weight excluding hydrogens is 352 g/mol. The van der Waals surface area contributed by atoms with Crippen LogP contribution < -0.4 is 14.8 Å². The second kappa shape index (κ2) is 9.60. The highest BCUT2D eigenvalue weighted by molar-refractivity contribution is 5.80. The number of aryl methyl sites for hydroxylation is 1. The van der Waals surface area contributed by atoms with Crippen LogP contribution in [0, 0.1) is 6.92 Å². The Morgan fingerprint density at radius 2 is 1.82 bits per heavy atom. The van der Waals surface area contributed by atoms with Crippen LogP contribution in [0.25, 0.3) is 0 Å². The molecule has 0 radical (unpaired) electrons. The van der Waals surface area contributed by atoms with Crippen LogP contribution in [-0.4, -0.2) is 43.7 Å². The van der Waals surface area contributed by atoms with Gasteiger partial charge in [0.15, 0.2) is 6.10 Å². The van der Waals surface area contributed by atoms with E-state index in [1.165, 1.54) is 18.4 Å².